The zero-order chi connectivity index (χ0) is 15.0. The van der Waals surface area contributed by atoms with E-state index in [1.54, 1.807) is 10.7 Å². The van der Waals surface area contributed by atoms with E-state index in [1.807, 2.05) is 12.1 Å². The number of hydrogen-bond donors (Lipinski definition) is 2. The molecule has 3 rings (SSSR count). The van der Waals surface area contributed by atoms with Crippen LogP contribution in [0.2, 0.25) is 0 Å². The molecule has 1 saturated carbocycles. The van der Waals surface area contributed by atoms with Gasteiger partial charge in [-0.2, -0.15) is 5.10 Å². The topological polar surface area (TPSA) is 89.5 Å². The molecule has 0 saturated heterocycles. The Bertz CT molecular complexity index is 753. The average Bonchev–Trinajstić information content (AvgIpc) is 2.89. The van der Waals surface area contributed by atoms with Crippen LogP contribution in [0.4, 0.5) is 5.69 Å². The number of nitrogens with one attached hydrogen (secondary N) is 1. The second-order valence-corrected chi connectivity index (χ2v) is 7.31. The zero-order valence-electron chi connectivity index (χ0n) is 12.0. The molecule has 0 spiro atoms. The fourth-order valence-electron chi connectivity index (χ4n) is 3.05. The van der Waals surface area contributed by atoms with E-state index in [4.69, 9.17) is 5.14 Å². The molecule has 2 atom stereocenters. The van der Waals surface area contributed by atoms with E-state index in [2.05, 4.69) is 17.3 Å². The van der Waals surface area contributed by atoms with Gasteiger partial charge in [0.15, 0.2) is 0 Å². The second kappa shape index (κ2) is 5.31. The van der Waals surface area contributed by atoms with Gasteiger partial charge in [0, 0.05) is 12.2 Å². The normalized spacial score (nSPS) is 23.3. The third-order valence-corrected chi connectivity index (χ3v) is 5.20. The SMILES string of the molecule is CC1CCCCC1Nc1c(S(N)(=O)=O)cnn2cccc12. The second-order valence-electron chi connectivity index (χ2n) is 5.78. The number of aromatic nitrogens is 2. The summed E-state index contributed by atoms with van der Waals surface area (Å²) in [6.45, 7) is 2.20. The van der Waals surface area contributed by atoms with Gasteiger partial charge in [0.2, 0.25) is 10.0 Å². The fourth-order valence-corrected chi connectivity index (χ4v) is 3.70. The molecule has 6 nitrogen and oxygen atoms in total. The summed E-state index contributed by atoms with van der Waals surface area (Å²) in [6.07, 6.45) is 7.70. The van der Waals surface area contributed by atoms with Crippen molar-refractivity contribution >= 4 is 21.2 Å². The first kappa shape index (κ1) is 14.3. The van der Waals surface area contributed by atoms with Crippen molar-refractivity contribution in [1.29, 1.82) is 0 Å². The lowest BCUT2D eigenvalue weighted by molar-refractivity contribution is 0.349. The van der Waals surface area contributed by atoms with Crippen LogP contribution in [0.3, 0.4) is 0 Å². The minimum absolute atomic E-state index is 0.0615. The third-order valence-electron chi connectivity index (χ3n) is 4.28. The van der Waals surface area contributed by atoms with Gasteiger partial charge in [0.1, 0.15) is 4.90 Å². The summed E-state index contributed by atoms with van der Waals surface area (Å²) in [5, 5.41) is 12.9. The maximum absolute atomic E-state index is 11.8. The van der Waals surface area contributed by atoms with Crippen LogP contribution in [-0.4, -0.2) is 24.1 Å². The smallest absolute Gasteiger partial charge is 0.241 e. The average molecular weight is 308 g/mol. The first-order valence-electron chi connectivity index (χ1n) is 7.22. The van der Waals surface area contributed by atoms with Gasteiger partial charge >= 0.3 is 0 Å². The number of primary sulfonamides is 1. The Labute approximate surface area is 124 Å². The lowest BCUT2D eigenvalue weighted by Gasteiger charge is -2.31. The van der Waals surface area contributed by atoms with Crippen molar-refractivity contribution < 1.29 is 8.42 Å². The van der Waals surface area contributed by atoms with E-state index in [-0.39, 0.29) is 10.9 Å². The molecule has 1 aliphatic carbocycles. The van der Waals surface area contributed by atoms with Crippen molar-refractivity contribution in [3.8, 4) is 0 Å². The molecular formula is C14H20N4O2S. The highest BCUT2D eigenvalue weighted by atomic mass is 32.2. The summed E-state index contributed by atoms with van der Waals surface area (Å²) in [7, 11) is -3.81. The lowest BCUT2D eigenvalue weighted by atomic mass is 9.86. The number of rotatable bonds is 3. The molecular weight excluding hydrogens is 288 g/mol. The molecule has 114 valence electrons. The minimum Gasteiger partial charge on any atom is -0.379 e. The molecule has 0 aliphatic heterocycles. The Kier molecular flexibility index (Phi) is 3.62. The van der Waals surface area contributed by atoms with Crippen LogP contribution >= 0.6 is 0 Å². The van der Waals surface area contributed by atoms with Crippen LogP contribution < -0.4 is 10.5 Å². The Hall–Kier alpha value is -1.60. The van der Waals surface area contributed by atoms with E-state index >= 15 is 0 Å². The molecule has 2 heterocycles. The first-order chi connectivity index (χ1) is 9.97. The maximum atomic E-state index is 11.8. The van der Waals surface area contributed by atoms with Gasteiger partial charge in [0.25, 0.3) is 0 Å². The lowest BCUT2D eigenvalue weighted by Crippen LogP contribution is -2.31. The highest BCUT2D eigenvalue weighted by Crippen LogP contribution is 2.31. The van der Waals surface area contributed by atoms with E-state index in [0.29, 0.717) is 11.6 Å². The molecule has 0 amide bonds. The number of hydrogen-bond acceptors (Lipinski definition) is 4. The summed E-state index contributed by atoms with van der Waals surface area (Å²) in [6, 6.07) is 3.95. The number of nitrogens with zero attached hydrogens (tertiary/aromatic N) is 2. The third kappa shape index (κ3) is 2.75. The Morgan fingerprint density at radius 2 is 2.14 bits per heavy atom. The molecule has 0 aromatic carbocycles. The minimum atomic E-state index is -3.81. The molecule has 21 heavy (non-hydrogen) atoms. The van der Waals surface area contributed by atoms with Crippen LogP contribution in [0.25, 0.3) is 5.52 Å². The fraction of sp³-hybridized carbons (Fsp3) is 0.500. The predicted octanol–water partition coefficient (Wildman–Crippen LogP) is 1.97. The molecule has 1 fully saturated rings. The van der Waals surface area contributed by atoms with E-state index in [9.17, 15) is 8.42 Å². The Morgan fingerprint density at radius 3 is 2.86 bits per heavy atom. The van der Waals surface area contributed by atoms with Gasteiger partial charge in [-0.15, -0.1) is 0 Å². The summed E-state index contributed by atoms with van der Waals surface area (Å²) in [4.78, 5) is 0.0615. The molecule has 0 bridgehead atoms. The van der Waals surface area contributed by atoms with E-state index in [0.717, 1.165) is 24.8 Å². The van der Waals surface area contributed by atoms with E-state index < -0.39 is 10.0 Å². The zero-order valence-corrected chi connectivity index (χ0v) is 12.8. The van der Waals surface area contributed by atoms with Gasteiger partial charge in [-0.05, 0) is 30.9 Å². The number of nitrogens with two attached hydrogens (primary N) is 1. The summed E-state index contributed by atoms with van der Waals surface area (Å²) >= 11 is 0. The molecule has 0 radical (unpaired) electrons. The van der Waals surface area contributed by atoms with Crippen LogP contribution in [-0.2, 0) is 10.0 Å². The molecule has 2 unspecified atom stereocenters. The quantitative estimate of drug-likeness (QED) is 0.907. The van der Waals surface area contributed by atoms with Gasteiger partial charge < -0.3 is 5.32 Å². The van der Waals surface area contributed by atoms with Gasteiger partial charge in [-0.1, -0.05) is 19.8 Å². The predicted molar refractivity (Wildman–Crippen MR) is 81.6 cm³/mol. The van der Waals surface area contributed by atoms with Crippen molar-refractivity contribution in [3.63, 3.8) is 0 Å². The van der Waals surface area contributed by atoms with Crippen molar-refractivity contribution in [2.45, 2.75) is 43.5 Å². The molecule has 2 aromatic heterocycles. The summed E-state index contributed by atoms with van der Waals surface area (Å²) in [5.74, 6) is 0.509. The van der Waals surface area contributed by atoms with Crippen molar-refractivity contribution in [2.75, 3.05) is 5.32 Å². The largest absolute Gasteiger partial charge is 0.379 e. The number of sulfonamides is 1. The highest BCUT2D eigenvalue weighted by molar-refractivity contribution is 7.89. The van der Waals surface area contributed by atoms with Crippen LogP contribution in [0, 0.1) is 5.92 Å². The van der Waals surface area contributed by atoms with Gasteiger partial charge in [-0.25, -0.2) is 18.1 Å². The van der Waals surface area contributed by atoms with Crippen molar-refractivity contribution in [3.05, 3.63) is 24.5 Å². The summed E-state index contributed by atoms with van der Waals surface area (Å²) in [5.41, 5.74) is 1.30. The monoisotopic (exact) mass is 308 g/mol. The number of anilines is 1. The van der Waals surface area contributed by atoms with Crippen LogP contribution in [0.5, 0.6) is 0 Å². The standard InChI is InChI=1S/C14H20N4O2S/c1-10-5-2-3-6-11(10)17-14-12-7-4-8-18(12)16-9-13(14)21(15,19)20/h4,7-11,17H,2-3,5-6H2,1H3,(H2,15,19,20). The first-order valence-corrected chi connectivity index (χ1v) is 8.77. The Morgan fingerprint density at radius 1 is 1.38 bits per heavy atom. The molecule has 1 aliphatic rings. The van der Waals surface area contributed by atoms with Gasteiger partial charge in [0.05, 0.1) is 17.4 Å². The van der Waals surface area contributed by atoms with Crippen molar-refractivity contribution in [2.24, 2.45) is 11.1 Å². The Balaban J connectivity index is 2.08. The molecule has 3 N–H and O–H groups in total. The van der Waals surface area contributed by atoms with Gasteiger partial charge in [-0.3, -0.25) is 0 Å². The maximum Gasteiger partial charge on any atom is 0.241 e. The van der Waals surface area contributed by atoms with Crippen molar-refractivity contribution in [1.82, 2.24) is 9.61 Å². The number of fused-ring (bicyclic) bond motifs is 1. The molecule has 7 heteroatoms. The van der Waals surface area contributed by atoms with Crippen LogP contribution in [0.15, 0.2) is 29.4 Å². The molecule has 2 aromatic rings. The summed E-state index contributed by atoms with van der Waals surface area (Å²) < 4.78 is 25.3. The van der Waals surface area contributed by atoms with E-state index in [1.165, 1.54) is 12.6 Å². The van der Waals surface area contributed by atoms with Crippen LogP contribution in [0.1, 0.15) is 32.6 Å². The highest BCUT2D eigenvalue weighted by Gasteiger charge is 2.25.